The minimum atomic E-state index is -3.45. The van der Waals surface area contributed by atoms with Crippen LogP contribution in [-0.4, -0.2) is 48.8 Å². The first-order valence-electron chi connectivity index (χ1n) is 9.82. The normalized spacial score (nSPS) is 17.6. The SMILES string of the molecule is Cc1ccc(S(=O)(=O)N2CCCN(Cc3csc(C(C)(C)C)n3)CC2)c(C)c1. The summed E-state index contributed by atoms with van der Waals surface area (Å²) in [5, 5.41) is 3.28. The summed E-state index contributed by atoms with van der Waals surface area (Å²) in [6.07, 6.45) is 0.834. The van der Waals surface area contributed by atoms with Crippen molar-refractivity contribution < 1.29 is 8.42 Å². The largest absolute Gasteiger partial charge is 0.296 e. The van der Waals surface area contributed by atoms with Gasteiger partial charge in [0, 0.05) is 37.0 Å². The summed E-state index contributed by atoms with van der Waals surface area (Å²) < 4.78 is 27.9. The Labute approximate surface area is 173 Å². The van der Waals surface area contributed by atoms with Crippen molar-refractivity contribution in [2.45, 2.75) is 57.9 Å². The molecule has 0 amide bonds. The fraction of sp³-hybridized carbons (Fsp3) is 0.571. The van der Waals surface area contributed by atoms with Crippen LogP contribution in [-0.2, 0) is 22.0 Å². The first-order chi connectivity index (χ1) is 13.1. The minimum absolute atomic E-state index is 0.0679. The molecule has 0 atom stereocenters. The third kappa shape index (κ3) is 4.82. The minimum Gasteiger partial charge on any atom is -0.296 e. The average Bonchev–Trinajstić information content (AvgIpc) is 2.93. The third-order valence-corrected chi connectivity index (χ3v) is 8.45. The maximum absolute atomic E-state index is 13.1. The summed E-state index contributed by atoms with van der Waals surface area (Å²) in [6, 6.07) is 5.55. The van der Waals surface area contributed by atoms with Crippen LogP contribution in [0.25, 0.3) is 0 Å². The lowest BCUT2D eigenvalue weighted by molar-refractivity contribution is 0.275. The molecule has 1 aliphatic rings. The van der Waals surface area contributed by atoms with E-state index in [-0.39, 0.29) is 5.41 Å². The number of rotatable bonds is 4. The summed E-state index contributed by atoms with van der Waals surface area (Å²) >= 11 is 1.71. The topological polar surface area (TPSA) is 53.5 Å². The fourth-order valence-corrected chi connectivity index (χ4v) is 6.10. The Morgan fingerprint density at radius 1 is 1.11 bits per heavy atom. The Kier molecular flexibility index (Phi) is 6.29. The summed E-state index contributed by atoms with van der Waals surface area (Å²) in [5.41, 5.74) is 3.05. The van der Waals surface area contributed by atoms with Crippen molar-refractivity contribution in [2.75, 3.05) is 26.2 Å². The molecular formula is C21H31N3O2S2. The van der Waals surface area contributed by atoms with Gasteiger partial charge in [0.1, 0.15) is 0 Å². The summed E-state index contributed by atoms with van der Waals surface area (Å²) in [4.78, 5) is 7.54. The zero-order valence-corrected chi connectivity index (χ0v) is 19.2. The van der Waals surface area contributed by atoms with Gasteiger partial charge in [-0.05, 0) is 38.4 Å². The molecule has 1 saturated heterocycles. The Morgan fingerprint density at radius 3 is 2.50 bits per heavy atom. The molecule has 0 radical (unpaired) electrons. The number of sulfonamides is 1. The Balaban J connectivity index is 1.68. The highest BCUT2D eigenvalue weighted by Gasteiger charge is 2.28. The molecule has 0 saturated carbocycles. The van der Waals surface area contributed by atoms with Crippen LogP contribution in [0.1, 0.15) is 49.0 Å². The van der Waals surface area contributed by atoms with Crippen LogP contribution >= 0.6 is 11.3 Å². The van der Waals surface area contributed by atoms with Gasteiger partial charge in [0.15, 0.2) is 0 Å². The number of nitrogens with zero attached hydrogens (tertiary/aromatic N) is 3. The highest BCUT2D eigenvalue weighted by atomic mass is 32.2. The van der Waals surface area contributed by atoms with Gasteiger partial charge in [-0.3, -0.25) is 4.90 Å². The molecule has 1 fully saturated rings. The molecular weight excluding hydrogens is 390 g/mol. The smallest absolute Gasteiger partial charge is 0.243 e. The van der Waals surface area contributed by atoms with Crippen LogP contribution in [0.4, 0.5) is 0 Å². The van der Waals surface area contributed by atoms with Gasteiger partial charge < -0.3 is 0 Å². The first-order valence-corrected chi connectivity index (χ1v) is 12.1. The number of benzene rings is 1. The molecule has 28 heavy (non-hydrogen) atoms. The van der Waals surface area contributed by atoms with E-state index in [1.165, 1.54) is 0 Å². The van der Waals surface area contributed by atoms with Crippen molar-refractivity contribution in [1.29, 1.82) is 0 Å². The van der Waals surface area contributed by atoms with Crippen molar-refractivity contribution in [3.05, 3.63) is 45.4 Å². The molecule has 0 unspecified atom stereocenters. The van der Waals surface area contributed by atoms with Gasteiger partial charge in [0.2, 0.25) is 10.0 Å². The number of thiazole rings is 1. The zero-order chi connectivity index (χ0) is 20.5. The number of hydrogen-bond donors (Lipinski definition) is 0. The second-order valence-electron chi connectivity index (χ2n) is 8.70. The lowest BCUT2D eigenvalue weighted by Crippen LogP contribution is -2.35. The van der Waals surface area contributed by atoms with Gasteiger partial charge >= 0.3 is 0 Å². The molecule has 2 aromatic rings. The molecule has 0 bridgehead atoms. The molecule has 3 rings (SSSR count). The quantitative estimate of drug-likeness (QED) is 0.750. The van der Waals surface area contributed by atoms with Crippen LogP contribution in [0.15, 0.2) is 28.5 Å². The van der Waals surface area contributed by atoms with Crippen molar-refractivity contribution in [3.8, 4) is 0 Å². The summed E-state index contributed by atoms with van der Waals surface area (Å²) in [6.45, 7) is 13.9. The van der Waals surface area contributed by atoms with Gasteiger partial charge in [-0.15, -0.1) is 11.3 Å². The van der Waals surface area contributed by atoms with E-state index in [1.807, 2.05) is 26.0 Å². The Morgan fingerprint density at radius 2 is 1.86 bits per heavy atom. The fourth-order valence-electron chi connectivity index (χ4n) is 3.53. The van der Waals surface area contributed by atoms with Crippen LogP contribution < -0.4 is 0 Å². The predicted octanol–water partition coefficient (Wildman–Crippen LogP) is 3.95. The van der Waals surface area contributed by atoms with E-state index in [0.717, 1.165) is 47.9 Å². The molecule has 0 aliphatic carbocycles. The molecule has 5 nitrogen and oxygen atoms in total. The van der Waals surface area contributed by atoms with E-state index >= 15 is 0 Å². The number of aryl methyl sites for hydroxylation is 2. The lowest BCUT2D eigenvalue weighted by atomic mass is 9.98. The molecule has 0 spiro atoms. The summed E-state index contributed by atoms with van der Waals surface area (Å²) in [5.74, 6) is 0. The second-order valence-corrected chi connectivity index (χ2v) is 11.5. The van der Waals surface area contributed by atoms with Crippen molar-refractivity contribution in [3.63, 3.8) is 0 Å². The second kappa shape index (κ2) is 8.22. The van der Waals surface area contributed by atoms with Crippen LogP contribution in [0.3, 0.4) is 0 Å². The predicted molar refractivity (Wildman–Crippen MR) is 115 cm³/mol. The van der Waals surface area contributed by atoms with E-state index in [9.17, 15) is 8.42 Å². The molecule has 1 aromatic heterocycles. The van der Waals surface area contributed by atoms with Crippen LogP contribution in [0.2, 0.25) is 0 Å². The van der Waals surface area contributed by atoms with E-state index in [2.05, 4.69) is 31.1 Å². The first kappa shape index (κ1) is 21.4. The van der Waals surface area contributed by atoms with Gasteiger partial charge in [-0.25, -0.2) is 13.4 Å². The number of aromatic nitrogens is 1. The maximum atomic E-state index is 13.1. The highest BCUT2D eigenvalue weighted by Crippen LogP contribution is 2.26. The van der Waals surface area contributed by atoms with Crippen molar-refractivity contribution in [1.82, 2.24) is 14.2 Å². The van der Waals surface area contributed by atoms with Gasteiger partial charge in [0.05, 0.1) is 15.6 Å². The van der Waals surface area contributed by atoms with Crippen molar-refractivity contribution in [2.24, 2.45) is 0 Å². The molecule has 1 aliphatic heterocycles. The van der Waals surface area contributed by atoms with Crippen LogP contribution in [0.5, 0.6) is 0 Å². The lowest BCUT2D eigenvalue weighted by Gasteiger charge is -2.22. The van der Waals surface area contributed by atoms with E-state index in [0.29, 0.717) is 18.0 Å². The van der Waals surface area contributed by atoms with E-state index < -0.39 is 10.0 Å². The molecule has 7 heteroatoms. The Bertz CT molecular complexity index is 929. The zero-order valence-electron chi connectivity index (χ0n) is 17.5. The Hall–Kier alpha value is -1.28. The summed E-state index contributed by atoms with van der Waals surface area (Å²) in [7, 11) is -3.45. The highest BCUT2D eigenvalue weighted by molar-refractivity contribution is 7.89. The monoisotopic (exact) mass is 421 g/mol. The number of hydrogen-bond acceptors (Lipinski definition) is 5. The van der Waals surface area contributed by atoms with Gasteiger partial charge in [-0.2, -0.15) is 4.31 Å². The van der Waals surface area contributed by atoms with Crippen molar-refractivity contribution >= 4 is 21.4 Å². The molecule has 1 aromatic carbocycles. The maximum Gasteiger partial charge on any atom is 0.243 e. The van der Waals surface area contributed by atoms with E-state index in [4.69, 9.17) is 4.98 Å². The third-order valence-electron chi connectivity index (χ3n) is 5.07. The van der Waals surface area contributed by atoms with E-state index in [1.54, 1.807) is 21.7 Å². The molecule has 0 N–H and O–H groups in total. The van der Waals surface area contributed by atoms with Gasteiger partial charge in [-0.1, -0.05) is 38.5 Å². The standard InChI is InChI=1S/C21H31N3O2S2/c1-16-7-8-19(17(2)13-16)28(25,26)24-10-6-9-23(11-12-24)14-18-15-27-20(22-18)21(3,4)5/h7-8,13,15H,6,9-12,14H2,1-5H3. The molecule has 2 heterocycles. The van der Waals surface area contributed by atoms with Crippen LogP contribution in [0, 0.1) is 13.8 Å². The molecule has 154 valence electrons. The average molecular weight is 422 g/mol. The van der Waals surface area contributed by atoms with Gasteiger partial charge in [0.25, 0.3) is 0 Å².